The third-order valence-corrected chi connectivity index (χ3v) is 5.72. The molecule has 0 atom stereocenters. The number of nitrogens with one attached hydrogen (secondary N) is 1. The SMILES string of the molecule is O=C1CNC(=O)N1C1CN(S(=O)(=O)c2ccc(F)c(Cl)c2)C1. The molecule has 0 unspecified atom stereocenters. The molecule has 2 aliphatic heterocycles. The summed E-state index contributed by atoms with van der Waals surface area (Å²) in [6.07, 6.45) is 0. The highest BCUT2D eigenvalue weighted by molar-refractivity contribution is 7.89. The molecule has 2 heterocycles. The predicted octanol–water partition coefficient (Wildman–Crippen LogP) is 0.404. The van der Waals surface area contributed by atoms with Crippen LogP contribution in [0.15, 0.2) is 23.1 Å². The molecule has 1 aromatic rings. The van der Waals surface area contributed by atoms with Gasteiger partial charge in [-0.25, -0.2) is 17.6 Å². The van der Waals surface area contributed by atoms with Crippen LogP contribution in [0, 0.1) is 5.82 Å². The molecule has 0 radical (unpaired) electrons. The van der Waals surface area contributed by atoms with Gasteiger partial charge in [0.05, 0.1) is 22.5 Å². The highest BCUT2D eigenvalue weighted by atomic mass is 35.5. The van der Waals surface area contributed by atoms with Crippen molar-refractivity contribution in [3.05, 3.63) is 29.0 Å². The van der Waals surface area contributed by atoms with Crippen LogP contribution in [0.1, 0.15) is 0 Å². The van der Waals surface area contributed by atoms with Gasteiger partial charge < -0.3 is 5.32 Å². The van der Waals surface area contributed by atoms with Gasteiger partial charge in [-0.3, -0.25) is 9.69 Å². The second-order valence-electron chi connectivity index (χ2n) is 4.97. The summed E-state index contributed by atoms with van der Waals surface area (Å²) in [4.78, 5) is 23.9. The lowest BCUT2D eigenvalue weighted by molar-refractivity contribution is -0.128. The molecular formula is C12H11ClFN3O4S. The molecule has 2 fully saturated rings. The Kier molecular flexibility index (Phi) is 3.58. The Labute approximate surface area is 130 Å². The first-order valence-corrected chi connectivity index (χ1v) is 8.17. The largest absolute Gasteiger partial charge is 0.329 e. The number of imide groups is 1. The van der Waals surface area contributed by atoms with Crippen LogP contribution in [0.4, 0.5) is 9.18 Å². The summed E-state index contributed by atoms with van der Waals surface area (Å²) in [5, 5.41) is 2.09. The van der Waals surface area contributed by atoms with E-state index in [-0.39, 0.29) is 35.5 Å². The van der Waals surface area contributed by atoms with E-state index >= 15 is 0 Å². The van der Waals surface area contributed by atoms with Crippen molar-refractivity contribution in [2.75, 3.05) is 19.6 Å². The van der Waals surface area contributed by atoms with Gasteiger partial charge in [-0.05, 0) is 18.2 Å². The average molecular weight is 348 g/mol. The molecule has 3 amide bonds. The number of nitrogens with zero attached hydrogens (tertiary/aromatic N) is 2. The van der Waals surface area contributed by atoms with Gasteiger partial charge in [0.25, 0.3) is 0 Å². The van der Waals surface area contributed by atoms with Crippen molar-refractivity contribution in [2.24, 2.45) is 0 Å². The molecule has 0 bridgehead atoms. The summed E-state index contributed by atoms with van der Waals surface area (Å²) in [6, 6.07) is 2.13. The fraction of sp³-hybridized carbons (Fsp3) is 0.333. The fourth-order valence-electron chi connectivity index (χ4n) is 2.37. The second kappa shape index (κ2) is 5.18. The number of hydrogen-bond donors (Lipinski definition) is 1. The molecule has 2 aliphatic rings. The van der Waals surface area contributed by atoms with Crippen LogP contribution in [0.3, 0.4) is 0 Å². The van der Waals surface area contributed by atoms with Gasteiger partial charge in [0, 0.05) is 13.1 Å². The van der Waals surface area contributed by atoms with Crippen molar-refractivity contribution < 1.29 is 22.4 Å². The molecule has 0 spiro atoms. The van der Waals surface area contributed by atoms with Crippen molar-refractivity contribution in [2.45, 2.75) is 10.9 Å². The van der Waals surface area contributed by atoms with Gasteiger partial charge in [0.15, 0.2) is 0 Å². The maximum Gasteiger partial charge on any atom is 0.324 e. The summed E-state index contributed by atoms with van der Waals surface area (Å²) in [5.74, 6) is -1.08. The van der Waals surface area contributed by atoms with Crippen LogP contribution >= 0.6 is 11.6 Å². The third-order valence-electron chi connectivity index (χ3n) is 3.60. The minimum absolute atomic E-state index is 0.0104. The number of amides is 3. The first kappa shape index (κ1) is 15.2. The molecule has 22 heavy (non-hydrogen) atoms. The normalized spacial score (nSPS) is 20.2. The van der Waals surface area contributed by atoms with E-state index in [9.17, 15) is 22.4 Å². The number of carbonyl (C=O) groups is 2. The lowest BCUT2D eigenvalue weighted by atomic mass is 10.1. The maximum absolute atomic E-state index is 13.1. The van der Waals surface area contributed by atoms with E-state index in [0.29, 0.717) is 0 Å². The number of carbonyl (C=O) groups excluding carboxylic acids is 2. The van der Waals surface area contributed by atoms with Crippen molar-refractivity contribution >= 4 is 33.6 Å². The first-order chi connectivity index (χ1) is 10.3. The molecule has 118 valence electrons. The Morgan fingerprint density at radius 1 is 1.27 bits per heavy atom. The molecule has 10 heteroatoms. The Morgan fingerprint density at radius 2 is 1.95 bits per heavy atom. The zero-order valence-electron chi connectivity index (χ0n) is 11.1. The Hall–Kier alpha value is -1.71. The van der Waals surface area contributed by atoms with E-state index in [1.54, 1.807) is 0 Å². The number of halogens is 2. The van der Waals surface area contributed by atoms with E-state index in [1.807, 2.05) is 0 Å². The highest BCUT2D eigenvalue weighted by Gasteiger charge is 2.45. The van der Waals surface area contributed by atoms with Crippen molar-refractivity contribution in [3.8, 4) is 0 Å². The van der Waals surface area contributed by atoms with Crippen LogP contribution in [-0.2, 0) is 14.8 Å². The second-order valence-corrected chi connectivity index (χ2v) is 7.32. The van der Waals surface area contributed by atoms with E-state index < -0.39 is 27.9 Å². The van der Waals surface area contributed by atoms with Crippen LogP contribution in [0.25, 0.3) is 0 Å². The summed E-state index contributed by atoms with van der Waals surface area (Å²) >= 11 is 5.59. The lowest BCUT2D eigenvalue weighted by Crippen LogP contribution is -2.62. The van der Waals surface area contributed by atoms with Crippen LogP contribution < -0.4 is 5.32 Å². The van der Waals surface area contributed by atoms with E-state index in [2.05, 4.69) is 5.32 Å². The van der Waals surface area contributed by atoms with Gasteiger partial charge in [-0.1, -0.05) is 11.6 Å². The quantitative estimate of drug-likeness (QED) is 0.802. The summed E-state index contributed by atoms with van der Waals surface area (Å²) in [7, 11) is -3.83. The Morgan fingerprint density at radius 3 is 2.50 bits per heavy atom. The predicted molar refractivity (Wildman–Crippen MR) is 74.2 cm³/mol. The maximum atomic E-state index is 13.1. The monoisotopic (exact) mass is 347 g/mol. The molecule has 0 aliphatic carbocycles. The van der Waals surface area contributed by atoms with E-state index in [0.717, 1.165) is 27.4 Å². The number of rotatable bonds is 3. The number of benzene rings is 1. The third kappa shape index (κ3) is 2.34. The van der Waals surface area contributed by atoms with Gasteiger partial charge >= 0.3 is 6.03 Å². The van der Waals surface area contributed by atoms with Crippen LogP contribution in [0.5, 0.6) is 0 Å². The average Bonchev–Trinajstić information content (AvgIpc) is 2.72. The molecular weight excluding hydrogens is 337 g/mol. The molecule has 0 aromatic heterocycles. The van der Waals surface area contributed by atoms with Gasteiger partial charge in [0.1, 0.15) is 5.82 Å². The van der Waals surface area contributed by atoms with Crippen molar-refractivity contribution in [1.29, 1.82) is 0 Å². The van der Waals surface area contributed by atoms with Gasteiger partial charge in [0.2, 0.25) is 15.9 Å². The molecule has 7 nitrogen and oxygen atoms in total. The summed E-state index contributed by atoms with van der Waals surface area (Å²) < 4.78 is 38.9. The molecule has 2 saturated heterocycles. The first-order valence-electron chi connectivity index (χ1n) is 6.36. The zero-order valence-corrected chi connectivity index (χ0v) is 12.7. The molecule has 0 saturated carbocycles. The van der Waals surface area contributed by atoms with Crippen LogP contribution in [-0.4, -0.2) is 55.2 Å². The van der Waals surface area contributed by atoms with Crippen LogP contribution in [0.2, 0.25) is 5.02 Å². The molecule has 1 aromatic carbocycles. The standard InChI is InChI=1S/C12H11ClFN3O4S/c13-9-3-8(1-2-10(9)14)22(20,21)16-5-7(6-16)17-11(18)4-15-12(17)19/h1-3,7H,4-6H2,(H,15,19). The fourth-order valence-corrected chi connectivity index (χ4v) is 4.15. The molecule has 1 N–H and O–H groups in total. The minimum Gasteiger partial charge on any atom is -0.329 e. The van der Waals surface area contributed by atoms with Crippen molar-refractivity contribution in [1.82, 2.24) is 14.5 Å². The number of urea groups is 1. The lowest BCUT2D eigenvalue weighted by Gasteiger charge is -2.41. The Bertz CT molecular complexity index is 748. The molecule has 3 rings (SSSR count). The topological polar surface area (TPSA) is 86.8 Å². The summed E-state index contributed by atoms with van der Waals surface area (Å²) in [5.41, 5.74) is 0. The highest BCUT2D eigenvalue weighted by Crippen LogP contribution is 2.27. The van der Waals surface area contributed by atoms with Gasteiger partial charge in [-0.15, -0.1) is 0 Å². The van der Waals surface area contributed by atoms with E-state index in [4.69, 9.17) is 11.6 Å². The van der Waals surface area contributed by atoms with Crippen molar-refractivity contribution in [3.63, 3.8) is 0 Å². The smallest absolute Gasteiger partial charge is 0.324 e. The van der Waals surface area contributed by atoms with E-state index in [1.165, 1.54) is 0 Å². The summed E-state index contributed by atoms with van der Waals surface area (Å²) in [6.45, 7) is -0.0529. The Balaban J connectivity index is 1.75. The number of hydrogen-bond acceptors (Lipinski definition) is 4. The van der Waals surface area contributed by atoms with Gasteiger partial charge in [-0.2, -0.15) is 4.31 Å². The number of sulfonamides is 1. The zero-order chi connectivity index (χ0) is 16.1. The minimum atomic E-state index is -3.83.